The van der Waals surface area contributed by atoms with E-state index in [1.807, 2.05) is 0 Å². The number of carbonyl (C=O) groups is 2. The Morgan fingerprint density at radius 1 is 0.500 bits per heavy atom. The molecule has 4 heteroatoms. The molecule has 0 rings (SSSR count). The van der Waals surface area contributed by atoms with E-state index in [-0.39, 0.29) is 12.1 Å². The number of hydrogen-bond acceptors (Lipinski definition) is 3. The van der Waals surface area contributed by atoms with E-state index in [9.17, 15) is 9.59 Å². The average Bonchev–Trinajstić information content (AvgIpc) is 3.01. The van der Waals surface area contributed by atoms with Crippen molar-refractivity contribution in [3.63, 3.8) is 0 Å². The van der Waals surface area contributed by atoms with Crippen molar-refractivity contribution in [1.29, 1.82) is 0 Å². The highest BCUT2D eigenvalue weighted by atomic mass is 16.5. The first-order chi connectivity index (χ1) is 21.6. The minimum absolute atomic E-state index is 0.0260. The van der Waals surface area contributed by atoms with Gasteiger partial charge in [0, 0.05) is 12.8 Å². The second-order valence-corrected chi connectivity index (χ2v) is 13.1. The Kier molecular flexibility index (Phi) is 34.6. The monoisotopic (exact) mass is 619 g/mol. The second kappa shape index (κ2) is 35.9. The van der Waals surface area contributed by atoms with Crippen LogP contribution in [0, 0.1) is 0 Å². The molecule has 0 aromatic rings. The van der Waals surface area contributed by atoms with Gasteiger partial charge in [-0.3, -0.25) is 9.59 Å². The number of aliphatic carboxylic acids is 1. The van der Waals surface area contributed by atoms with Crippen LogP contribution in [0.25, 0.3) is 0 Å². The van der Waals surface area contributed by atoms with Gasteiger partial charge in [0.1, 0.15) is 6.10 Å². The fourth-order valence-electron chi connectivity index (χ4n) is 5.80. The van der Waals surface area contributed by atoms with Gasteiger partial charge in [-0.15, -0.1) is 0 Å². The Morgan fingerprint density at radius 3 is 1.39 bits per heavy atom. The molecule has 1 atom stereocenters. The standard InChI is InChI=1S/C40H74O4/c1-3-5-7-9-10-11-12-13-14-15-20-23-26-29-33-37-40(43)44-38(34-30-8-6-4-2)35-31-27-24-21-18-16-17-19-22-25-28-32-36-39(41)42/h10-11,13-14,38H,3-9,12,15-37H2,1-2H3,(H,41,42)/b11-10-,14-13-. The third-order valence-corrected chi connectivity index (χ3v) is 8.68. The summed E-state index contributed by atoms with van der Waals surface area (Å²) in [5, 5.41) is 8.68. The summed E-state index contributed by atoms with van der Waals surface area (Å²) >= 11 is 0. The van der Waals surface area contributed by atoms with E-state index < -0.39 is 5.97 Å². The van der Waals surface area contributed by atoms with E-state index >= 15 is 0 Å². The molecule has 0 saturated heterocycles. The van der Waals surface area contributed by atoms with Gasteiger partial charge in [-0.05, 0) is 70.6 Å². The van der Waals surface area contributed by atoms with Crippen molar-refractivity contribution in [3.05, 3.63) is 24.3 Å². The topological polar surface area (TPSA) is 63.6 Å². The van der Waals surface area contributed by atoms with E-state index in [1.165, 1.54) is 141 Å². The van der Waals surface area contributed by atoms with Crippen molar-refractivity contribution < 1.29 is 19.4 Å². The summed E-state index contributed by atoms with van der Waals surface area (Å²) in [6.45, 7) is 4.50. The Bertz CT molecular complexity index is 668. The second-order valence-electron chi connectivity index (χ2n) is 13.1. The third-order valence-electron chi connectivity index (χ3n) is 8.68. The lowest BCUT2D eigenvalue weighted by molar-refractivity contribution is -0.150. The predicted octanol–water partition coefficient (Wildman–Crippen LogP) is 13.2. The SMILES string of the molecule is CCCCC/C=C\C/C=C\CCCCCCCC(=O)OC(CCCCCC)CCCCCCCCCCCCCCC(=O)O. The van der Waals surface area contributed by atoms with Crippen molar-refractivity contribution in [2.75, 3.05) is 0 Å². The van der Waals surface area contributed by atoms with Crippen LogP contribution in [0.2, 0.25) is 0 Å². The number of unbranched alkanes of at least 4 members (excludes halogenated alkanes) is 22. The van der Waals surface area contributed by atoms with Gasteiger partial charge in [-0.25, -0.2) is 0 Å². The quantitative estimate of drug-likeness (QED) is 0.0436. The molecule has 0 aliphatic rings. The fraction of sp³-hybridized carbons (Fsp3) is 0.850. The smallest absolute Gasteiger partial charge is 0.306 e. The van der Waals surface area contributed by atoms with Gasteiger partial charge in [-0.1, -0.05) is 154 Å². The lowest BCUT2D eigenvalue weighted by atomic mass is 10.0. The molecule has 0 aliphatic carbocycles. The summed E-state index contributed by atoms with van der Waals surface area (Å²) in [4.78, 5) is 23.1. The number of allylic oxidation sites excluding steroid dienone is 4. The van der Waals surface area contributed by atoms with E-state index in [0.717, 1.165) is 44.9 Å². The van der Waals surface area contributed by atoms with Crippen molar-refractivity contribution in [1.82, 2.24) is 0 Å². The Balaban J connectivity index is 3.83. The molecule has 0 aliphatic heterocycles. The van der Waals surface area contributed by atoms with Crippen LogP contribution in [0.3, 0.4) is 0 Å². The van der Waals surface area contributed by atoms with Crippen LogP contribution >= 0.6 is 0 Å². The maximum atomic E-state index is 12.6. The molecule has 0 amide bonds. The van der Waals surface area contributed by atoms with Crippen LogP contribution in [0.5, 0.6) is 0 Å². The molecular weight excluding hydrogens is 544 g/mol. The molecule has 1 unspecified atom stereocenters. The van der Waals surface area contributed by atoms with Crippen LogP contribution in [0.15, 0.2) is 24.3 Å². The molecule has 0 radical (unpaired) electrons. The molecule has 0 saturated carbocycles. The largest absolute Gasteiger partial charge is 0.481 e. The molecule has 0 spiro atoms. The molecule has 258 valence electrons. The molecule has 0 bridgehead atoms. The van der Waals surface area contributed by atoms with Crippen molar-refractivity contribution in [3.8, 4) is 0 Å². The molecule has 4 nitrogen and oxygen atoms in total. The number of carboxylic acids is 1. The Labute approximate surface area is 274 Å². The lowest BCUT2D eigenvalue weighted by Crippen LogP contribution is -2.18. The van der Waals surface area contributed by atoms with Gasteiger partial charge in [0.2, 0.25) is 0 Å². The van der Waals surface area contributed by atoms with Crippen molar-refractivity contribution >= 4 is 11.9 Å². The molecule has 44 heavy (non-hydrogen) atoms. The van der Waals surface area contributed by atoms with Gasteiger partial charge in [0.25, 0.3) is 0 Å². The highest BCUT2D eigenvalue weighted by Crippen LogP contribution is 2.18. The summed E-state index contributed by atoms with van der Waals surface area (Å²) in [7, 11) is 0. The zero-order chi connectivity index (χ0) is 32.2. The van der Waals surface area contributed by atoms with Gasteiger partial charge in [-0.2, -0.15) is 0 Å². The van der Waals surface area contributed by atoms with Gasteiger partial charge in [0.15, 0.2) is 0 Å². The number of carbonyl (C=O) groups excluding carboxylic acids is 1. The number of carboxylic acid groups (broad SMARTS) is 1. The molecular formula is C40H74O4. The minimum atomic E-state index is -0.670. The number of esters is 1. The normalized spacial score (nSPS) is 12.4. The Morgan fingerprint density at radius 2 is 0.886 bits per heavy atom. The third kappa shape index (κ3) is 34.9. The van der Waals surface area contributed by atoms with E-state index in [1.54, 1.807) is 0 Å². The summed E-state index contributed by atoms with van der Waals surface area (Å²) < 4.78 is 5.99. The zero-order valence-corrected chi connectivity index (χ0v) is 29.5. The predicted molar refractivity (Wildman–Crippen MR) is 190 cm³/mol. The molecule has 0 aromatic carbocycles. The van der Waals surface area contributed by atoms with Gasteiger partial charge >= 0.3 is 11.9 Å². The summed E-state index contributed by atoms with van der Waals surface area (Å²) in [6, 6.07) is 0. The fourth-order valence-corrected chi connectivity index (χ4v) is 5.80. The highest BCUT2D eigenvalue weighted by molar-refractivity contribution is 5.69. The summed E-state index contributed by atoms with van der Waals surface area (Å²) in [5.41, 5.74) is 0. The number of rotatable bonds is 35. The maximum Gasteiger partial charge on any atom is 0.306 e. The average molecular weight is 619 g/mol. The van der Waals surface area contributed by atoms with Crippen LogP contribution in [0.1, 0.15) is 213 Å². The molecule has 0 heterocycles. The summed E-state index contributed by atoms with van der Waals surface area (Å²) in [5.74, 6) is -0.644. The van der Waals surface area contributed by atoms with E-state index in [2.05, 4.69) is 38.2 Å². The number of hydrogen-bond donors (Lipinski definition) is 1. The van der Waals surface area contributed by atoms with E-state index in [0.29, 0.717) is 12.8 Å². The zero-order valence-electron chi connectivity index (χ0n) is 29.5. The maximum absolute atomic E-state index is 12.6. The van der Waals surface area contributed by atoms with Crippen LogP contribution in [0.4, 0.5) is 0 Å². The molecule has 1 N–H and O–H groups in total. The van der Waals surface area contributed by atoms with Crippen molar-refractivity contribution in [2.45, 2.75) is 219 Å². The summed E-state index contributed by atoms with van der Waals surface area (Å²) in [6.07, 6.45) is 45.0. The first-order valence-corrected chi connectivity index (χ1v) is 19.3. The van der Waals surface area contributed by atoms with E-state index in [4.69, 9.17) is 9.84 Å². The first-order valence-electron chi connectivity index (χ1n) is 19.3. The van der Waals surface area contributed by atoms with Gasteiger partial charge < -0.3 is 9.84 Å². The first kappa shape index (κ1) is 42.4. The highest BCUT2D eigenvalue weighted by Gasteiger charge is 2.14. The van der Waals surface area contributed by atoms with Gasteiger partial charge in [0.05, 0.1) is 0 Å². The molecule has 0 aromatic heterocycles. The van der Waals surface area contributed by atoms with Crippen LogP contribution in [-0.4, -0.2) is 23.1 Å². The lowest BCUT2D eigenvalue weighted by Gasteiger charge is -2.18. The van der Waals surface area contributed by atoms with Crippen LogP contribution in [-0.2, 0) is 14.3 Å². The van der Waals surface area contributed by atoms with Crippen molar-refractivity contribution in [2.24, 2.45) is 0 Å². The Hall–Kier alpha value is -1.58. The molecule has 0 fully saturated rings. The minimum Gasteiger partial charge on any atom is -0.481 e. The van der Waals surface area contributed by atoms with Crippen LogP contribution < -0.4 is 0 Å². The number of ether oxygens (including phenoxy) is 1.